The molecule has 1 rings (SSSR count). The highest BCUT2D eigenvalue weighted by Crippen LogP contribution is 2.29. The Balaban J connectivity index is 2.85. The highest BCUT2D eigenvalue weighted by molar-refractivity contribution is 5.68. The second-order valence-corrected chi connectivity index (χ2v) is 7.12. The number of ether oxygens (including phenoxy) is 8. The SMILES string of the molecule is CC(=O)OCC1O[C@@H](OCCOCCOCCN=[N+]=[N-])C(OC(C)=O)C(OC(C)=O)[C@H]1OC(C)=O. The largest absolute Gasteiger partial charge is 0.463 e. The Morgan fingerprint density at radius 2 is 1.31 bits per heavy atom. The Bertz CT molecular complexity index is 758. The van der Waals surface area contributed by atoms with Crippen LogP contribution in [-0.4, -0.2) is 101 Å². The van der Waals surface area contributed by atoms with Crippen LogP contribution in [0.25, 0.3) is 10.4 Å². The molecular formula is C20H31N3O12. The molecule has 0 amide bonds. The molecule has 1 aliphatic heterocycles. The average molecular weight is 505 g/mol. The molecule has 1 aliphatic rings. The molecular weight excluding hydrogens is 474 g/mol. The molecule has 5 atom stereocenters. The molecule has 0 aromatic heterocycles. The molecule has 1 fully saturated rings. The Morgan fingerprint density at radius 1 is 0.771 bits per heavy atom. The lowest BCUT2D eigenvalue weighted by atomic mass is 9.98. The van der Waals surface area contributed by atoms with Crippen LogP contribution in [0.4, 0.5) is 0 Å². The Kier molecular flexibility index (Phi) is 14.3. The van der Waals surface area contributed by atoms with Gasteiger partial charge >= 0.3 is 23.9 Å². The van der Waals surface area contributed by atoms with E-state index in [0.717, 1.165) is 20.8 Å². The van der Waals surface area contributed by atoms with Crippen molar-refractivity contribution < 1.29 is 57.1 Å². The summed E-state index contributed by atoms with van der Waals surface area (Å²) in [6.45, 7) is 5.29. The number of azide groups is 1. The van der Waals surface area contributed by atoms with Gasteiger partial charge in [0, 0.05) is 39.2 Å². The summed E-state index contributed by atoms with van der Waals surface area (Å²) in [6.07, 6.45) is -6.20. The third-order valence-corrected chi connectivity index (χ3v) is 4.23. The fourth-order valence-electron chi connectivity index (χ4n) is 3.02. The number of rotatable bonds is 15. The number of hydrogen-bond donors (Lipinski definition) is 0. The van der Waals surface area contributed by atoms with Crippen LogP contribution >= 0.6 is 0 Å². The van der Waals surface area contributed by atoms with Gasteiger partial charge in [0.1, 0.15) is 12.7 Å². The highest BCUT2D eigenvalue weighted by Gasteiger charge is 2.52. The molecule has 0 radical (unpaired) electrons. The van der Waals surface area contributed by atoms with Gasteiger partial charge in [-0.2, -0.15) is 0 Å². The van der Waals surface area contributed by atoms with E-state index in [1.165, 1.54) is 6.92 Å². The standard InChI is InChI=1S/C20H31N3O12/c1-12(24)31-11-16-17(32-13(2)25)18(33-14(3)26)19(34-15(4)27)20(35-16)30-10-9-29-8-7-28-6-5-22-23-21/h16-20H,5-11H2,1-4H3/t16?,17-,18?,19?,20+/m0/s1. The maximum Gasteiger partial charge on any atom is 0.303 e. The van der Waals surface area contributed by atoms with Crippen LogP contribution in [0.1, 0.15) is 27.7 Å². The summed E-state index contributed by atoms with van der Waals surface area (Å²) in [5.74, 6) is -2.80. The molecule has 0 saturated carbocycles. The van der Waals surface area contributed by atoms with Gasteiger partial charge in [0.15, 0.2) is 24.6 Å². The summed E-state index contributed by atoms with van der Waals surface area (Å²) in [7, 11) is 0. The monoisotopic (exact) mass is 505 g/mol. The van der Waals surface area contributed by atoms with Gasteiger partial charge in [-0.15, -0.1) is 0 Å². The Labute approximate surface area is 201 Å². The zero-order valence-electron chi connectivity index (χ0n) is 20.1. The third kappa shape index (κ3) is 12.3. The normalized spacial score (nSPS) is 23.5. The first-order valence-corrected chi connectivity index (χ1v) is 10.7. The summed E-state index contributed by atoms with van der Waals surface area (Å²) in [4.78, 5) is 49.1. The zero-order chi connectivity index (χ0) is 26.2. The van der Waals surface area contributed by atoms with E-state index in [2.05, 4.69) is 10.0 Å². The van der Waals surface area contributed by atoms with Gasteiger partial charge in [-0.1, -0.05) is 5.11 Å². The van der Waals surface area contributed by atoms with Crippen LogP contribution in [0.3, 0.4) is 0 Å². The summed E-state index contributed by atoms with van der Waals surface area (Å²) >= 11 is 0. The first-order valence-electron chi connectivity index (χ1n) is 10.7. The minimum absolute atomic E-state index is 0.0214. The van der Waals surface area contributed by atoms with Gasteiger partial charge in [-0.3, -0.25) is 19.2 Å². The molecule has 198 valence electrons. The molecule has 15 heteroatoms. The van der Waals surface area contributed by atoms with Gasteiger partial charge in [0.05, 0.1) is 33.0 Å². The van der Waals surface area contributed by atoms with E-state index in [0.29, 0.717) is 0 Å². The van der Waals surface area contributed by atoms with Crippen LogP contribution in [0.15, 0.2) is 5.11 Å². The van der Waals surface area contributed by atoms with E-state index in [4.69, 9.17) is 43.4 Å². The van der Waals surface area contributed by atoms with Crippen molar-refractivity contribution in [1.82, 2.24) is 0 Å². The van der Waals surface area contributed by atoms with Crippen LogP contribution in [0.5, 0.6) is 0 Å². The van der Waals surface area contributed by atoms with Gasteiger partial charge in [-0.25, -0.2) is 0 Å². The van der Waals surface area contributed by atoms with Gasteiger partial charge in [0.25, 0.3) is 0 Å². The molecule has 3 unspecified atom stereocenters. The van der Waals surface area contributed by atoms with Crippen molar-refractivity contribution in [1.29, 1.82) is 0 Å². The number of nitrogens with zero attached hydrogens (tertiary/aromatic N) is 3. The zero-order valence-corrected chi connectivity index (χ0v) is 20.1. The quantitative estimate of drug-likeness (QED) is 0.0745. The predicted molar refractivity (Wildman–Crippen MR) is 114 cm³/mol. The van der Waals surface area contributed by atoms with E-state index >= 15 is 0 Å². The maximum atomic E-state index is 11.8. The lowest BCUT2D eigenvalue weighted by molar-refractivity contribution is -0.309. The van der Waals surface area contributed by atoms with Crippen LogP contribution in [0, 0.1) is 0 Å². The van der Waals surface area contributed by atoms with Crippen molar-refractivity contribution in [3.63, 3.8) is 0 Å². The number of hydrogen-bond acceptors (Lipinski definition) is 13. The highest BCUT2D eigenvalue weighted by atomic mass is 16.7. The van der Waals surface area contributed by atoms with Crippen LogP contribution < -0.4 is 0 Å². The van der Waals surface area contributed by atoms with Crippen molar-refractivity contribution in [2.24, 2.45) is 5.11 Å². The fourth-order valence-corrected chi connectivity index (χ4v) is 3.02. The van der Waals surface area contributed by atoms with Crippen molar-refractivity contribution in [2.75, 3.05) is 46.2 Å². The van der Waals surface area contributed by atoms with E-state index in [1.54, 1.807) is 0 Å². The molecule has 0 bridgehead atoms. The fraction of sp³-hybridized carbons (Fsp3) is 0.800. The second-order valence-electron chi connectivity index (χ2n) is 7.12. The van der Waals surface area contributed by atoms with Crippen molar-refractivity contribution in [3.05, 3.63) is 10.4 Å². The van der Waals surface area contributed by atoms with Crippen molar-refractivity contribution in [2.45, 2.75) is 58.4 Å². The molecule has 1 saturated heterocycles. The van der Waals surface area contributed by atoms with Crippen LogP contribution in [-0.2, 0) is 57.1 Å². The lowest BCUT2D eigenvalue weighted by Gasteiger charge is -2.44. The van der Waals surface area contributed by atoms with E-state index in [1.807, 2.05) is 0 Å². The van der Waals surface area contributed by atoms with E-state index in [9.17, 15) is 19.2 Å². The molecule has 0 aromatic rings. The van der Waals surface area contributed by atoms with Gasteiger partial charge < -0.3 is 37.9 Å². The minimum Gasteiger partial charge on any atom is -0.463 e. The number of carbonyl (C=O) groups is 4. The van der Waals surface area contributed by atoms with Gasteiger partial charge in [0.2, 0.25) is 0 Å². The van der Waals surface area contributed by atoms with Crippen molar-refractivity contribution in [3.8, 4) is 0 Å². The Hall–Kier alpha value is -2.97. The summed E-state index contributed by atoms with van der Waals surface area (Å²) in [6, 6.07) is 0. The average Bonchev–Trinajstić information content (AvgIpc) is 2.76. The van der Waals surface area contributed by atoms with E-state index in [-0.39, 0.29) is 46.2 Å². The van der Waals surface area contributed by atoms with Crippen molar-refractivity contribution >= 4 is 23.9 Å². The van der Waals surface area contributed by atoms with Gasteiger partial charge in [-0.05, 0) is 5.53 Å². The Morgan fingerprint density at radius 3 is 1.89 bits per heavy atom. The summed E-state index contributed by atoms with van der Waals surface area (Å²) < 4.78 is 42.9. The third-order valence-electron chi connectivity index (χ3n) is 4.23. The first-order chi connectivity index (χ1) is 16.6. The predicted octanol–water partition coefficient (Wildman–Crippen LogP) is 0.430. The second kappa shape index (κ2) is 16.6. The first kappa shape index (κ1) is 30.1. The summed E-state index contributed by atoms with van der Waals surface area (Å²) in [5.41, 5.74) is 8.18. The molecule has 0 spiro atoms. The smallest absolute Gasteiger partial charge is 0.303 e. The summed E-state index contributed by atoms with van der Waals surface area (Å²) in [5, 5.41) is 3.33. The number of carbonyl (C=O) groups excluding carboxylic acids is 4. The molecule has 0 N–H and O–H groups in total. The topological polar surface area (TPSA) is 191 Å². The minimum atomic E-state index is -1.30. The van der Waals surface area contributed by atoms with E-state index < -0.39 is 54.6 Å². The lowest BCUT2D eigenvalue weighted by Crippen LogP contribution is -2.63. The van der Waals surface area contributed by atoms with Crippen LogP contribution in [0.2, 0.25) is 0 Å². The number of esters is 4. The molecule has 0 aliphatic carbocycles. The molecule has 0 aromatic carbocycles. The maximum absolute atomic E-state index is 11.8. The molecule has 1 heterocycles. The molecule has 35 heavy (non-hydrogen) atoms. The molecule has 15 nitrogen and oxygen atoms in total.